The molecule has 6 nitrogen and oxygen atoms in total. The maximum Gasteiger partial charge on any atom is 0.158 e. The molecule has 0 spiro atoms. The van der Waals surface area contributed by atoms with Crippen molar-refractivity contribution in [2.45, 2.75) is 32.1 Å². The standard InChI is InChI=1S/C13H24N4O2S/c1-5-14-11-8-12(17-13(16-11)9-19-3)15-7-6-10(2)20(4)18/h8,10H,5-7,9H2,1-4H3,(H2,14,15,16,17). The molecule has 0 saturated carbocycles. The van der Waals surface area contributed by atoms with Gasteiger partial charge in [-0.25, -0.2) is 9.97 Å². The monoisotopic (exact) mass is 300 g/mol. The number of nitrogens with one attached hydrogen (secondary N) is 2. The van der Waals surface area contributed by atoms with Gasteiger partial charge in [0.15, 0.2) is 5.82 Å². The zero-order valence-electron chi connectivity index (χ0n) is 12.6. The first kappa shape index (κ1) is 16.8. The Morgan fingerprint density at radius 1 is 1.35 bits per heavy atom. The Hall–Kier alpha value is -1.21. The Balaban J connectivity index is 2.65. The van der Waals surface area contributed by atoms with E-state index < -0.39 is 10.8 Å². The molecule has 2 N–H and O–H groups in total. The van der Waals surface area contributed by atoms with Crippen molar-refractivity contribution in [1.82, 2.24) is 9.97 Å². The first-order chi connectivity index (χ1) is 9.56. The number of aromatic nitrogens is 2. The highest BCUT2D eigenvalue weighted by Gasteiger charge is 2.07. The fourth-order valence-electron chi connectivity index (χ4n) is 1.62. The summed E-state index contributed by atoms with van der Waals surface area (Å²) in [5, 5.41) is 6.59. The third kappa shape index (κ3) is 5.83. The molecule has 1 aromatic heterocycles. The zero-order chi connectivity index (χ0) is 15.0. The normalized spacial score (nSPS) is 13.8. The Morgan fingerprint density at radius 3 is 2.55 bits per heavy atom. The van der Waals surface area contributed by atoms with Gasteiger partial charge in [-0.2, -0.15) is 0 Å². The van der Waals surface area contributed by atoms with E-state index in [9.17, 15) is 4.21 Å². The van der Waals surface area contributed by atoms with E-state index in [0.717, 1.165) is 31.1 Å². The first-order valence-electron chi connectivity index (χ1n) is 6.73. The summed E-state index contributed by atoms with van der Waals surface area (Å²) in [7, 11) is 0.832. The van der Waals surface area contributed by atoms with Crippen molar-refractivity contribution in [1.29, 1.82) is 0 Å². The predicted octanol–water partition coefficient (Wildman–Crippen LogP) is 1.62. The van der Waals surface area contributed by atoms with Crippen LogP contribution in [0.3, 0.4) is 0 Å². The Labute approximate surface area is 123 Å². The second kappa shape index (κ2) is 8.86. The minimum atomic E-state index is -0.788. The zero-order valence-corrected chi connectivity index (χ0v) is 13.4. The van der Waals surface area contributed by atoms with Gasteiger partial charge in [-0.15, -0.1) is 0 Å². The van der Waals surface area contributed by atoms with E-state index in [1.54, 1.807) is 13.4 Å². The third-order valence-corrected chi connectivity index (χ3v) is 4.20. The lowest BCUT2D eigenvalue weighted by molar-refractivity contribution is 0.178. The second-order valence-corrected chi connectivity index (χ2v) is 6.34. The topological polar surface area (TPSA) is 76.1 Å². The molecule has 1 rings (SSSR count). The van der Waals surface area contributed by atoms with Crippen LogP contribution in [0, 0.1) is 0 Å². The second-order valence-electron chi connectivity index (χ2n) is 4.54. The number of rotatable bonds is 9. The quantitative estimate of drug-likeness (QED) is 0.722. The van der Waals surface area contributed by atoms with E-state index in [0.29, 0.717) is 12.4 Å². The summed E-state index contributed by atoms with van der Waals surface area (Å²) in [6.45, 7) is 5.91. The number of hydrogen-bond donors (Lipinski definition) is 2. The molecule has 0 amide bonds. The van der Waals surface area contributed by atoms with Crippen LogP contribution in [0.1, 0.15) is 26.1 Å². The average molecular weight is 300 g/mol. The summed E-state index contributed by atoms with van der Waals surface area (Å²) >= 11 is 0. The van der Waals surface area contributed by atoms with Crippen LogP contribution in [-0.4, -0.2) is 45.9 Å². The third-order valence-electron chi connectivity index (χ3n) is 2.83. The molecule has 0 fully saturated rings. The lowest BCUT2D eigenvalue weighted by Crippen LogP contribution is -2.16. The Morgan fingerprint density at radius 2 is 2.00 bits per heavy atom. The molecule has 0 aliphatic heterocycles. The van der Waals surface area contributed by atoms with Gasteiger partial charge in [-0.3, -0.25) is 4.21 Å². The van der Waals surface area contributed by atoms with Crippen LogP contribution in [0.5, 0.6) is 0 Å². The van der Waals surface area contributed by atoms with Crippen molar-refractivity contribution in [2.24, 2.45) is 0 Å². The highest BCUT2D eigenvalue weighted by molar-refractivity contribution is 7.84. The van der Waals surface area contributed by atoms with Crippen LogP contribution in [0.2, 0.25) is 0 Å². The van der Waals surface area contributed by atoms with Gasteiger partial charge in [0.2, 0.25) is 0 Å². The number of nitrogens with zero attached hydrogens (tertiary/aromatic N) is 2. The Bertz CT molecular complexity index is 418. The molecule has 0 bridgehead atoms. The van der Waals surface area contributed by atoms with Crippen molar-refractivity contribution in [3.63, 3.8) is 0 Å². The van der Waals surface area contributed by atoms with Gasteiger partial charge in [-0.1, -0.05) is 6.92 Å². The van der Waals surface area contributed by atoms with E-state index in [2.05, 4.69) is 20.6 Å². The summed E-state index contributed by atoms with van der Waals surface area (Å²) in [6, 6.07) is 1.87. The highest BCUT2D eigenvalue weighted by atomic mass is 32.2. The number of hydrogen-bond acceptors (Lipinski definition) is 6. The van der Waals surface area contributed by atoms with E-state index in [1.165, 1.54) is 0 Å². The van der Waals surface area contributed by atoms with E-state index in [-0.39, 0.29) is 5.25 Å². The fourth-order valence-corrected chi connectivity index (χ4v) is 2.07. The van der Waals surface area contributed by atoms with Crippen LogP contribution in [0.25, 0.3) is 0 Å². The van der Waals surface area contributed by atoms with Crippen LogP contribution in [0.15, 0.2) is 6.07 Å². The molecule has 0 aliphatic rings. The van der Waals surface area contributed by atoms with Gasteiger partial charge < -0.3 is 15.4 Å². The van der Waals surface area contributed by atoms with Gasteiger partial charge in [0.05, 0.1) is 0 Å². The molecule has 2 atom stereocenters. The Kier molecular flexibility index (Phi) is 7.46. The fraction of sp³-hybridized carbons (Fsp3) is 0.692. The molecular formula is C13H24N4O2S. The molecule has 2 unspecified atom stereocenters. The summed E-state index contributed by atoms with van der Waals surface area (Å²) in [4.78, 5) is 8.73. The predicted molar refractivity (Wildman–Crippen MR) is 83.5 cm³/mol. The van der Waals surface area contributed by atoms with Crippen molar-refractivity contribution in [2.75, 3.05) is 37.1 Å². The van der Waals surface area contributed by atoms with E-state index in [1.807, 2.05) is 19.9 Å². The highest BCUT2D eigenvalue weighted by Crippen LogP contribution is 2.12. The summed E-state index contributed by atoms with van der Waals surface area (Å²) in [5.74, 6) is 2.18. The summed E-state index contributed by atoms with van der Waals surface area (Å²) in [5.41, 5.74) is 0. The van der Waals surface area contributed by atoms with Gasteiger partial charge >= 0.3 is 0 Å². The van der Waals surface area contributed by atoms with Gasteiger partial charge in [-0.05, 0) is 13.3 Å². The maximum absolute atomic E-state index is 11.3. The first-order valence-corrected chi connectivity index (χ1v) is 8.35. The number of anilines is 2. The molecule has 0 radical (unpaired) electrons. The van der Waals surface area contributed by atoms with Crippen LogP contribution in [-0.2, 0) is 22.1 Å². The van der Waals surface area contributed by atoms with Crippen LogP contribution < -0.4 is 10.6 Å². The molecule has 0 saturated heterocycles. The summed E-state index contributed by atoms with van der Waals surface area (Å²) < 4.78 is 16.4. The van der Waals surface area contributed by atoms with E-state index in [4.69, 9.17) is 4.74 Å². The number of ether oxygens (including phenoxy) is 1. The van der Waals surface area contributed by atoms with Crippen molar-refractivity contribution >= 4 is 22.4 Å². The molecular weight excluding hydrogens is 276 g/mol. The largest absolute Gasteiger partial charge is 0.377 e. The molecule has 1 aromatic rings. The minimum absolute atomic E-state index is 0.177. The van der Waals surface area contributed by atoms with Gasteiger partial charge in [0.25, 0.3) is 0 Å². The lowest BCUT2D eigenvalue weighted by Gasteiger charge is -2.12. The minimum Gasteiger partial charge on any atom is -0.377 e. The smallest absolute Gasteiger partial charge is 0.158 e. The molecule has 0 aliphatic carbocycles. The molecule has 20 heavy (non-hydrogen) atoms. The van der Waals surface area contributed by atoms with Gasteiger partial charge in [0, 0.05) is 48.6 Å². The van der Waals surface area contributed by atoms with Crippen LogP contribution >= 0.6 is 0 Å². The van der Waals surface area contributed by atoms with Crippen molar-refractivity contribution in [3.05, 3.63) is 11.9 Å². The van der Waals surface area contributed by atoms with Crippen molar-refractivity contribution < 1.29 is 8.95 Å². The molecule has 1 heterocycles. The van der Waals surface area contributed by atoms with Gasteiger partial charge in [0.1, 0.15) is 18.2 Å². The van der Waals surface area contributed by atoms with Crippen LogP contribution in [0.4, 0.5) is 11.6 Å². The maximum atomic E-state index is 11.3. The SMILES string of the molecule is CCNc1cc(NCCC(C)S(C)=O)nc(COC)n1. The molecule has 7 heteroatoms. The van der Waals surface area contributed by atoms with Crippen molar-refractivity contribution in [3.8, 4) is 0 Å². The average Bonchev–Trinajstić information content (AvgIpc) is 2.39. The summed E-state index contributed by atoms with van der Waals surface area (Å²) in [6.07, 6.45) is 2.57. The molecule has 0 aromatic carbocycles. The molecule has 114 valence electrons. The number of methoxy groups -OCH3 is 1. The lowest BCUT2D eigenvalue weighted by atomic mass is 10.3. The van der Waals surface area contributed by atoms with E-state index >= 15 is 0 Å².